The molecule has 0 amide bonds. The third kappa shape index (κ3) is 3.05. The molecule has 0 atom stereocenters. The van der Waals surface area contributed by atoms with E-state index in [9.17, 15) is 5.11 Å². The van der Waals surface area contributed by atoms with E-state index in [0.29, 0.717) is 5.92 Å². The molecule has 15 heavy (non-hydrogen) atoms. The second-order valence-electron chi connectivity index (χ2n) is 4.67. The lowest BCUT2D eigenvalue weighted by molar-refractivity contribution is 0.0274. The molecule has 82 valence electrons. The van der Waals surface area contributed by atoms with Crippen LogP contribution in [0, 0.1) is 5.92 Å². The Morgan fingerprint density at radius 3 is 2.53 bits per heavy atom. The molecule has 1 saturated carbocycles. The third-order valence-corrected chi connectivity index (χ3v) is 3.08. The number of benzene rings is 1. The first kappa shape index (κ1) is 10.7. The van der Waals surface area contributed by atoms with Gasteiger partial charge in [-0.05, 0) is 31.4 Å². The van der Waals surface area contributed by atoms with E-state index in [0.717, 1.165) is 25.9 Å². The van der Waals surface area contributed by atoms with Crippen molar-refractivity contribution in [2.75, 3.05) is 13.6 Å². The Bertz CT molecular complexity index is 293. The molecule has 1 aliphatic rings. The fraction of sp³-hybridized carbons (Fsp3) is 0.538. The fourth-order valence-electron chi connectivity index (χ4n) is 2.25. The Morgan fingerprint density at radius 1 is 1.27 bits per heavy atom. The van der Waals surface area contributed by atoms with Gasteiger partial charge < -0.3 is 10.0 Å². The lowest BCUT2D eigenvalue weighted by Crippen LogP contribution is -2.36. The van der Waals surface area contributed by atoms with E-state index >= 15 is 0 Å². The van der Waals surface area contributed by atoms with E-state index in [2.05, 4.69) is 36.2 Å². The van der Waals surface area contributed by atoms with Gasteiger partial charge in [0.1, 0.15) is 0 Å². The normalized spacial score (nSPS) is 25.3. The average molecular weight is 205 g/mol. The van der Waals surface area contributed by atoms with Crippen molar-refractivity contribution in [1.29, 1.82) is 0 Å². The van der Waals surface area contributed by atoms with Crippen molar-refractivity contribution in [3.05, 3.63) is 35.9 Å². The van der Waals surface area contributed by atoms with Crippen LogP contribution in [0.4, 0.5) is 0 Å². The second-order valence-corrected chi connectivity index (χ2v) is 4.67. The van der Waals surface area contributed by atoms with Gasteiger partial charge in [0.15, 0.2) is 0 Å². The molecule has 2 rings (SSSR count). The third-order valence-electron chi connectivity index (χ3n) is 3.08. The molecule has 0 aromatic heterocycles. The van der Waals surface area contributed by atoms with E-state index in [1.54, 1.807) is 0 Å². The zero-order valence-electron chi connectivity index (χ0n) is 9.26. The molecule has 2 heteroatoms. The van der Waals surface area contributed by atoms with Crippen LogP contribution < -0.4 is 0 Å². The topological polar surface area (TPSA) is 23.5 Å². The first-order chi connectivity index (χ1) is 7.24. The molecular weight excluding hydrogens is 186 g/mol. The maximum Gasteiger partial charge on any atom is 0.0546 e. The van der Waals surface area contributed by atoms with Gasteiger partial charge >= 0.3 is 0 Å². The quantitative estimate of drug-likeness (QED) is 0.811. The van der Waals surface area contributed by atoms with E-state index in [4.69, 9.17) is 0 Å². The molecule has 0 saturated heterocycles. The standard InChI is InChI=1S/C13H19NO/c1-14(10-12-7-13(15)8-12)9-11-5-3-2-4-6-11/h2-6,12-13,15H,7-10H2,1H3. The SMILES string of the molecule is CN(Cc1ccccc1)CC1CC(O)C1. The maximum atomic E-state index is 9.20. The first-order valence-electron chi connectivity index (χ1n) is 5.64. The molecule has 0 spiro atoms. The minimum Gasteiger partial charge on any atom is -0.393 e. The van der Waals surface area contributed by atoms with Gasteiger partial charge in [0, 0.05) is 13.1 Å². The molecule has 0 bridgehead atoms. The molecule has 1 aromatic rings. The molecule has 0 radical (unpaired) electrons. The number of hydrogen-bond acceptors (Lipinski definition) is 2. The van der Waals surface area contributed by atoms with Crippen LogP contribution >= 0.6 is 0 Å². The van der Waals surface area contributed by atoms with Gasteiger partial charge in [0.2, 0.25) is 0 Å². The van der Waals surface area contributed by atoms with Gasteiger partial charge in [0.25, 0.3) is 0 Å². The van der Waals surface area contributed by atoms with Gasteiger partial charge in [0.05, 0.1) is 6.10 Å². The largest absolute Gasteiger partial charge is 0.393 e. The van der Waals surface area contributed by atoms with Crippen molar-refractivity contribution in [3.8, 4) is 0 Å². The summed E-state index contributed by atoms with van der Waals surface area (Å²) in [6, 6.07) is 10.5. The molecule has 0 unspecified atom stereocenters. The number of hydrogen-bond donors (Lipinski definition) is 1. The predicted molar refractivity (Wildman–Crippen MR) is 61.5 cm³/mol. The fourth-order valence-corrected chi connectivity index (χ4v) is 2.25. The van der Waals surface area contributed by atoms with Crippen molar-refractivity contribution in [3.63, 3.8) is 0 Å². The highest BCUT2D eigenvalue weighted by molar-refractivity contribution is 5.14. The second kappa shape index (κ2) is 4.77. The van der Waals surface area contributed by atoms with Crippen LogP contribution in [0.5, 0.6) is 0 Å². The smallest absolute Gasteiger partial charge is 0.0546 e. The van der Waals surface area contributed by atoms with Gasteiger partial charge in [-0.1, -0.05) is 30.3 Å². The summed E-state index contributed by atoms with van der Waals surface area (Å²) >= 11 is 0. The first-order valence-corrected chi connectivity index (χ1v) is 5.64. The maximum absolute atomic E-state index is 9.20. The van der Waals surface area contributed by atoms with Gasteiger partial charge in [-0.25, -0.2) is 0 Å². The summed E-state index contributed by atoms with van der Waals surface area (Å²) in [7, 11) is 2.15. The van der Waals surface area contributed by atoms with E-state index in [1.165, 1.54) is 5.56 Å². The van der Waals surface area contributed by atoms with Crippen LogP contribution in [0.2, 0.25) is 0 Å². The zero-order valence-corrected chi connectivity index (χ0v) is 9.26. The highest BCUT2D eigenvalue weighted by Crippen LogP contribution is 2.27. The van der Waals surface area contributed by atoms with Crippen LogP contribution in [0.25, 0.3) is 0 Å². The Morgan fingerprint density at radius 2 is 1.93 bits per heavy atom. The number of aliphatic hydroxyl groups is 1. The highest BCUT2D eigenvalue weighted by atomic mass is 16.3. The summed E-state index contributed by atoms with van der Waals surface area (Å²) in [5, 5.41) is 9.20. The van der Waals surface area contributed by atoms with Crippen molar-refractivity contribution in [2.24, 2.45) is 5.92 Å². The average Bonchev–Trinajstić information content (AvgIpc) is 2.17. The van der Waals surface area contributed by atoms with Crippen LogP contribution in [0.15, 0.2) is 30.3 Å². The van der Waals surface area contributed by atoms with Crippen molar-refractivity contribution >= 4 is 0 Å². The van der Waals surface area contributed by atoms with E-state index in [1.807, 2.05) is 6.07 Å². The summed E-state index contributed by atoms with van der Waals surface area (Å²) in [5.41, 5.74) is 1.36. The molecule has 0 heterocycles. The minimum absolute atomic E-state index is 0.0277. The highest BCUT2D eigenvalue weighted by Gasteiger charge is 2.27. The lowest BCUT2D eigenvalue weighted by atomic mass is 9.82. The molecule has 0 aliphatic heterocycles. The molecule has 2 nitrogen and oxygen atoms in total. The van der Waals surface area contributed by atoms with Gasteiger partial charge in [-0.2, -0.15) is 0 Å². The summed E-state index contributed by atoms with van der Waals surface area (Å²) in [6.07, 6.45) is 1.94. The summed E-state index contributed by atoms with van der Waals surface area (Å²) in [4.78, 5) is 2.34. The van der Waals surface area contributed by atoms with Crippen LogP contribution in [0.1, 0.15) is 18.4 Å². The Kier molecular flexibility index (Phi) is 3.39. The summed E-state index contributed by atoms with van der Waals surface area (Å²) in [6.45, 7) is 2.11. The number of nitrogens with zero attached hydrogens (tertiary/aromatic N) is 1. The Labute approximate surface area is 91.5 Å². The van der Waals surface area contributed by atoms with Crippen molar-refractivity contribution < 1.29 is 5.11 Å². The summed E-state index contributed by atoms with van der Waals surface area (Å²) in [5.74, 6) is 0.703. The molecule has 1 aromatic carbocycles. The van der Waals surface area contributed by atoms with Crippen LogP contribution in [-0.4, -0.2) is 29.7 Å². The predicted octanol–water partition coefficient (Wildman–Crippen LogP) is 1.89. The zero-order chi connectivity index (χ0) is 10.7. The number of aliphatic hydroxyl groups excluding tert-OH is 1. The van der Waals surface area contributed by atoms with Crippen LogP contribution in [-0.2, 0) is 6.54 Å². The molecular formula is C13H19NO. The lowest BCUT2D eigenvalue weighted by Gasteiger charge is -2.34. The Balaban J connectivity index is 1.75. The van der Waals surface area contributed by atoms with Crippen molar-refractivity contribution in [2.45, 2.75) is 25.5 Å². The van der Waals surface area contributed by atoms with Gasteiger partial charge in [-0.15, -0.1) is 0 Å². The molecule has 1 aliphatic carbocycles. The molecule has 1 N–H and O–H groups in total. The monoisotopic (exact) mass is 205 g/mol. The van der Waals surface area contributed by atoms with Crippen LogP contribution in [0.3, 0.4) is 0 Å². The Hall–Kier alpha value is -0.860. The van der Waals surface area contributed by atoms with E-state index in [-0.39, 0.29) is 6.10 Å². The van der Waals surface area contributed by atoms with Crippen molar-refractivity contribution in [1.82, 2.24) is 4.90 Å². The minimum atomic E-state index is -0.0277. The summed E-state index contributed by atoms with van der Waals surface area (Å²) < 4.78 is 0. The van der Waals surface area contributed by atoms with Gasteiger partial charge in [-0.3, -0.25) is 0 Å². The number of rotatable bonds is 4. The molecule has 1 fully saturated rings. The van der Waals surface area contributed by atoms with E-state index < -0.39 is 0 Å².